The Balaban J connectivity index is 2.21. The zero-order chi connectivity index (χ0) is 9.84. The maximum atomic E-state index is 6.10. The van der Waals surface area contributed by atoms with Crippen LogP contribution in [0.5, 0.6) is 0 Å². The molecule has 2 heteroatoms. The summed E-state index contributed by atoms with van der Waals surface area (Å²) in [5, 5.41) is 0. The summed E-state index contributed by atoms with van der Waals surface area (Å²) in [5.41, 5.74) is 6.10. The van der Waals surface area contributed by atoms with Gasteiger partial charge in [0, 0.05) is 18.6 Å². The highest BCUT2D eigenvalue weighted by Gasteiger charge is 2.24. The van der Waals surface area contributed by atoms with E-state index in [0.29, 0.717) is 12.0 Å². The number of nitrogens with zero attached hydrogens (tertiary/aromatic N) is 1. The third kappa shape index (κ3) is 2.96. The van der Waals surface area contributed by atoms with Crippen molar-refractivity contribution in [3.8, 4) is 0 Å². The zero-order valence-electron chi connectivity index (χ0n) is 9.29. The number of hydrogen-bond acceptors (Lipinski definition) is 2. The third-order valence-electron chi connectivity index (χ3n) is 3.57. The van der Waals surface area contributed by atoms with Crippen molar-refractivity contribution < 1.29 is 0 Å². The molecule has 2 nitrogen and oxygen atoms in total. The van der Waals surface area contributed by atoms with Crippen molar-refractivity contribution in [2.75, 3.05) is 13.6 Å². The second-order valence-electron chi connectivity index (χ2n) is 4.57. The van der Waals surface area contributed by atoms with Crippen LogP contribution >= 0.6 is 0 Å². The fourth-order valence-corrected chi connectivity index (χ4v) is 1.79. The van der Waals surface area contributed by atoms with Crippen LogP contribution in [0.2, 0.25) is 0 Å². The molecule has 13 heavy (non-hydrogen) atoms. The molecule has 0 saturated heterocycles. The summed E-state index contributed by atoms with van der Waals surface area (Å²) in [6.07, 6.45) is 5.36. The Kier molecular flexibility index (Phi) is 4.20. The molecule has 0 aromatic heterocycles. The summed E-state index contributed by atoms with van der Waals surface area (Å²) in [7, 11) is 2.21. The Hall–Kier alpha value is -0.0800. The minimum Gasteiger partial charge on any atom is -0.326 e. The first-order valence-electron chi connectivity index (χ1n) is 5.61. The van der Waals surface area contributed by atoms with Gasteiger partial charge in [-0.05, 0) is 25.8 Å². The number of rotatable bonds is 5. The Morgan fingerprint density at radius 1 is 1.46 bits per heavy atom. The summed E-state index contributed by atoms with van der Waals surface area (Å²) in [4.78, 5) is 2.44. The molecule has 0 bridgehead atoms. The van der Waals surface area contributed by atoms with Gasteiger partial charge in [-0.3, -0.25) is 0 Å². The molecule has 0 heterocycles. The molecule has 1 fully saturated rings. The number of hydrogen-bond donors (Lipinski definition) is 1. The van der Waals surface area contributed by atoms with Gasteiger partial charge in [0.15, 0.2) is 0 Å². The summed E-state index contributed by atoms with van der Waals surface area (Å²) in [5.74, 6) is 0.655. The predicted molar refractivity (Wildman–Crippen MR) is 57.7 cm³/mol. The predicted octanol–water partition coefficient (Wildman–Crippen LogP) is 1.84. The maximum Gasteiger partial charge on any atom is 0.0193 e. The van der Waals surface area contributed by atoms with Crippen molar-refractivity contribution >= 4 is 0 Å². The first-order valence-corrected chi connectivity index (χ1v) is 5.61. The van der Waals surface area contributed by atoms with Gasteiger partial charge in [0.05, 0.1) is 0 Å². The van der Waals surface area contributed by atoms with Gasteiger partial charge in [0.1, 0.15) is 0 Å². The highest BCUT2D eigenvalue weighted by atomic mass is 15.1. The molecule has 1 saturated carbocycles. The average molecular weight is 184 g/mol. The molecule has 2 N–H and O–H groups in total. The lowest BCUT2D eigenvalue weighted by Gasteiger charge is -2.37. The van der Waals surface area contributed by atoms with Crippen LogP contribution in [0.15, 0.2) is 0 Å². The van der Waals surface area contributed by atoms with Crippen LogP contribution in [0.4, 0.5) is 0 Å². The van der Waals surface area contributed by atoms with Crippen molar-refractivity contribution in [1.82, 2.24) is 4.90 Å². The van der Waals surface area contributed by atoms with Crippen LogP contribution in [0.3, 0.4) is 0 Å². The molecule has 2 atom stereocenters. The van der Waals surface area contributed by atoms with Crippen molar-refractivity contribution in [3.05, 3.63) is 0 Å². The van der Waals surface area contributed by atoms with Crippen molar-refractivity contribution in [2.45, 2.75) is 51.6 Å². The molecule has 0 radical (unpaired) electrons. The van der Waals surface area contributed by atoms with Crippen LogP contribution in [-0.2, 0) is 0 Å². The molecule has 0 amide bonds. The fourth-order valence-electron chi connectivity index (χ4n) is 1.79. The summed E-state index contributed by atoms with van der Waals surface area (Å²) in [6, 6.07) is 1.19. The molecule has 1 rings (SSSR count). The second kappa shape index (κ2) is 4.97. The van der Waals surface area contributed by atoms with E-state index in [1.54, 1.807) is 0 Å². The van der Waals surface area contributed by atoms with Gasteiger partial charge < -0.3 is 10.6 Å². The molecule has 1 aliphatic carbocycles. The lowest BCUT2D eigenvalue weighted by molar-refractivity contribution is 0.142. The monoisotopic (exact) mass is 184 g/mol. The fraction of sp³-hybridized carbons (Fsp3) is 1.00. The molecule has 0 spiro atoms. The molecule has 0 aliphatic heterocycles. The lowest BCUT2D eigenvalue weighted by atomic mass is 9.90. The van der Waals surface area contributed by atoms with Crippen LogP contribution in [-0.4, -0.2) is 30.6 Å². The van der Waals surface area contributed by atoms with E-state index in [1.807, 2.05) is 0 Å². The van der Waals surface area contributed by atoms with Gasteiger partial charge >= 0.3 is 0 Å². The molecule has 2 unspecified atom stereocenters. The van der Waals surface area contributed by atoms with E-state index < -0.39 is 0 Å². The van der Waals surface area contributed by atoms with E-state index in [1.165, 1.54) is 25.7 Å². The van der Waals surface area contributed by atoms with Gasteiger partial charge in [-0.15, -0.1) is 0 Å². The quantitative estimate of drug-likeness (QED) is 0.706. The molecule has 1 aliphatic rings. The molecule has 0 aromatic carbocycles. The molecular weight excluding hydrogens is 160 g/mol. The standard InChI is InChI=1S/C11H24N2/c1-4-9(2)11(12)8-13(3)10-6-5-7-10/h9-11H,4-8,12H2,1-3H3. The normalized spacial score (nSPS) is 22.8. The van der Waals surface area contributed by atoms with E-state index in [-0.39, 0.29) is 0 Å². The minimum atomic E-state index is 0.357. The maximum absolute atomic E-state index is 6.10. The first kappa shape index (κ1) is 11.0. The van der Waals surface area contributed by atoms with Crippen molar-refractivity contribution in [1.29, 1.82) is 0 Å². The number of nitrogens with two attached hydrogens (primary N) is 1. The van der Waals surface area contributed by atoms with E-state index in [0.717, 1.165) is 12.6 Å². The summed E-state index contributed by atoms with van der Waals surface area (Å²) >= 11 is 0. The van der Waals surface area contributed by atoms with Crippen molar-refractivity contribution in [2.24, 2.45) is 11.7 Å². The highest BCUT2D eigenvalue weighted by Crippen LogP contribution is 2.23. The lowest BCUT2D eigenvalue weighted by Crippen LogP contribution is -2.46. The van der Waals surface area contributed by atoms with Crippen LogP contribution in [0.1, 0.15) is 39.5 Å². The Morgan fingerprint density at radius 2 is 2.08 bits per heavy atom. The summed E-state index contributed by atoms with van der Waals surface area (Å²) < 4.78 is 0. The highest BCUT2D eigenvalue weighted by molar-refractivity contribution is 4.81. The largest absolute Gasteiger partial charge is 0.326 e. The van der Waals surface area contributed by atoms with Crippen LogP contribution < -0.4 is 5.73 Å². The van der Waals surface area contributed by atoms with Gasteiger partial charge in [-0.2, -0.15) is 0 Å². The Morgan fingerprint density at radius 3 is 2.46 bits per heavy atom. The summed E-state index contributed by atoms with van der Waals surface area (Å²) in [6.45, 7) is 5.53. The average Bonchev–Trinajstić information content (AvgIpc) is 1.99. The second-order valence-corrected chi connectivity index (χ2v) is 4.57. The van der Waals surface area contributed by atoms with E-state index in [4.69, 9.17) is 5.73 Å². The zero-order valence-corrected chi connectivity index (χ0v) is 9.29. The molecular formula is C11H24N2. The van der Waals surface area contributed by atoms with Crippen LogP contribution in [0.25, 0.3) is 0 Å². The molecule has 0 aromatic rings. The SMILES string of the molecule is CCC(C)C(N)CN(C)C1CCC1. The smallest absolute Gasteiger partial charge is 0.0193 e. The third-order valence-corrected chi connectivity index (χ3v) is 3.57. The topological polar surface area (TPSA) is 29.3 Å². The minimum absolute atomic E-state index is 0.357. The van der Waals surface area contributed by atoms with Gasteiger partial charge in [0.2, 0.25) is 0 Å². The van der Waals surface area contributed by atoms with E-state index >= 15 is 0 Å². The van der Waals surface area contributed by atoms with Crippen molar-refractivity contribution in [3.63, 3.8) is 0 Å². The van der Waals surface area contributed by atoms with Gasteiger partial charge in [-0.1, -0.05) is 26.7 Å². The van der Waals surface area contributed by atoms with E-state index in [9.17, 15) is 0 Å². The van der Waals surface area contributed by atoms with Gasteiger partial charge in [-0.25, -0.2) is 0 Å². The van der Waals surface area contributed by atoms with Gasteiger partial charge in [0.25, 0.3) is 0 Å². The van der Waals surface area contributed by atoms with Crippen LogP contribution in [0, 0.1) is 5.92 Å². The Labute approximate surface area is 82.5 Å². The first-order chi connectivity index (χ1) is 6.15. The molecule has 78 valence electrons. The van der Waals surface area contributed by atoms with E-state index in [2.05, 4.69) is 25.8 Å². The Bertz CT molecular complexity index is 134. The number of likely N-dealkylation sites (N-methyl/N-ethyl adjacent to an activating group) is 1.